The van der Waals surface area contributed by atoms with Crippen LogP contribution in [0.1, 0.15) is 78.6 Å². The zero-order valence-corrected chi connectivity index (χ0v) is 18.5. The molecule has 1 aliphatic carbocycles. The first-order valence-corrected chi connectivity index (χ1v) is 11.4. The van der Waals surface area contributed by atoms with Gasteiger partial charge in [-0.05, 0) is 41.0 Å². The molecular weight excluding hydrogens is 406 g/mol. The van der Waals surface area contributed by atoms with Crippen molar-refractivity contribution < 1.29 is 9.90 Å². The van der Waals surface area contributed by atoms with Gasteiger partial charge >= 0.3 is 5.97 Å². The molecule has 1 fully saturated rings. The molecule has 1 atom stereocenters. The van der Waals surface area contributed by atoms with Crippen LogP contribution in [0.3, 0.4) is 0 Å². The molecule has 3 aromatic rings. The molecule has 1 saturated carbocycles. The molecule has 0 spiro atoms. The van der Waals surface area contributed by atoms with Crippen LogP contribution in [0.25, 0.3) is 11.1 Å². The van der Waals surface area contributed by atoms with Crippen molar-refractivity contribution in [2.45, 2.75) is 57.4 Å². The zero-order chi connectivity index (χ0) is 21.8. The molecule has 0 bridgehead atoms. The predicted molar refractivity (Wildman–Crippen MR) is 126 cm³/mol. The second-order valence-electron chi connectivity index (χ2n) is 8.27. The highest BCUT2D eigenvalue weighted by atomic mass is 32.1. The van der Waals surface area contributed by atoms with E-state index in [4.69, 9.17) is 22.3 Å². The fourth-order valence-corrected chi connectivity index (χ4v) is 4.39. The number of hydrogen-bond donors (Lipinski definition) is 1. The maximum absolute atomic E-state index is 11.5. The molecule has 2 aromatic carbocycles. The Hall–Kier alpha value is -2.86. The number of nitrogens with zero attached hydrogens (tertiary/aromatic N) is 3. The Bertz CT molecular complexity index is 1070. The van der Waals surface area contributed by atoms with Crippen molar-refractivity contribution in [3.8, 4) is 11.1 Å². The Balaban J connectivity index is 1.61. The standard InChI is InChI=1S/C25H27N3O2S/c1-17(16-31)24-26-23(28(27-24)20-7-3-2-4-8-20)15-18-11-13-19(14-12-18)21-9-5-6-10-22(21)25(29)30/h5-6,9-14,16-17,20H,2-4,7-8,15H2,1H3,(H,29,30). The first kappa shape index (κ1) is 21.4. The molecule has 1 unspecified atom stereocenters. The number of thiocarbonyl (C=S) groups is 1. The lowest BCUT2D eigenvalue weighted by Gasteiger charge is -2.23. The number of carboxylic acids is 1. The van der Waals surface area contributed by atoms with Gasteiger partial charge in [0.15, 0.2) is 5.82 Å². The van der Waals surface area contributed by atoms with Crippen molar-refractivity contribution in [3.05, 3.63) is 71.3 Å². The lowest BCUT2D eigenvalue weighted by Crippen LogP contribution is -2.17. The topological polar surface area (TPSA) is 68.0 Å². The van der Waals surface area contributed by atoms with E-state index in [1.165, 1.54) is 19.3 Å². The molecule has 31 heavy (non-hydrogen) atoms. The Labute approximate surface area is 188 Å². The second kappa shape index (κ2) is 9.52. The molecule has 0 amide bonds. The van der Waals surface area contributed by atoms with Crippen LogP contribution in [0.4, 0.5) is 0 Å². The van der Waals surface area contributed by atoms with Gasteiger partial charge in [-0.1, -0.05) is 80.9 Å². The molecular formula is C25H27N3O2S. The van der Waals surface area contributed by atoms with Gasteiger partial charge in [0, 0.05) is 12.3 Å². The molecule has 0 saturated heterocycles. The minimum absolute atomic E-state index is 0.0495. The van der Waals surface area contributed by atoms with E-state index < -0.39 is 5.97 Å². The number of carboxylic acid groups (broad SMARTS) is 1. The van der Waals surface area contributed by atoms with E-state index in [1.807, 2.05) is 31.2 Å². The number of aromatic nitrogens is 3. The van der Waals surface area contributed by atoms with E-state index >= 15 is 0 Å². The van der Waals surface area contributed by atoms with Gasteiger partial charge in [-0.3, -0.25) is 0 Å². The Morgan fingerprint density at radius 3 is 2.55 bits per heavy atom. The first-order valence-electron chi connectivity index (χ1n) is 10.9. The number of aromatic carboxylic acids is 1. The van der Waals surface area contributed by atoms with E-state index in [0.717, 1.165) is 41.2 Å². The summed E-state index contributed by atoms with van der Waals surface area (Å²) in [6, 6.07) is 15.6. The van der Waals surface area contributed by atoms with Crippen molar-refractivity contribution in [3.63, 3.8) is 0 Å². The minimum Gasteiger partial charge on any atom is -0.478 e. The monoisotopic (exact) mass is 433 g/mol. The summed E-state index contributed by atoms with van der Waals surface area (Å²) in [6.07, 6.45) is 6.75. The van der Waals surface area contributed by atoms with Crippen LogP contribution >= 0.6 is 12.2 Å². The summed E-state index contributed by atoms with van der Waals surface area (Å²) in [7, 11) is 0. The molecule has 160 valence electrons. The van der Waals surface area contributed by atoms with Crippen LogP contribution in [0.15, 0.2) is 48.5 Å². The SMILES string of the molecule is CC(C=S)c1nc(Cc2ccc(-c3ccccc3C(=O)O)cc2)n(C2CCCCC2)n1. The second-order valence-corrected chi connectivity index (χ2v) is 8.54. The molecule has 6 heteroatoms. The largest absolute Gasteiger partial charge is 0.478 e. The molecule has 0 radical (unpaired) electrons. The summed E-state index contributed by atoms with van der Waals surface area (Å²) in [4.78, 5) is 16.4. The predicted octanol–water partition coefficient (Wildman–Crippen LogP) is 5.84. The quantitative estimate of drug-likeness (QED) is 0.474. The summed E-state index contributed by atoms with van der Waals surface area (Å²) < 4.78 is 2.14. The zero-order valence-electron chi connectivity index (χ0n) is 17.7. The molecule has 0 aliphatic heterocycles. The molecule has 1 N–H and O–H groups in total. The maximum Gasteiger partial charge on any atom is 0.336 e. The van der Waals surface area contributed by atoms with Crippen LogP contribution in [0, 0.1) is 0 Å². The molecule has 4 rings (SSSR count). The van der Waals surface area contributed by atoms with Gasteiger partial charge in [-0.15, -0.1) is 0 Å². The van der Waals surface area contributed by atoms with Crippen LogP contribution in [-0.2, 0) is 6.42 Å². The van der Waals surface area contributed by atoms with Gasteiger partial charge in [-0.25, -0.2) is 14.5 Å². The summed E-state index contributed by atoms with van der Waals surface area (Å²) in [5.41, 5.74) is 3.06. The fraction of sp³-hybridized carbons (Fsp3) is 0.360. The first-order chi connectivity index (χ1) is 15.1. The van der Waals surface area contributed by atoms with Gasteiger partial charge in [0.25, 0.3) is 0 Å². The lowest BCUT2D eigenvalue weighted by atomic mass is 9.95. The van der Waals surface area contributed by atoms with Crippen molar-refractivity contribution in [2.75, 3.05) is 0 Å². The number of rotatable bonds is 7. The van der Waals surface area contributed by atoms with Crippen molar-refractivity contribution >= 4 is 23.6 Å². The van der Waals surface area contributed by atoms with Crippen LogP contribution in [0.5, 0.6) is 0 Å². The van der Waals surface area contributed by atoms with Gasteiger partial charge in [0.1, 0.15) is 5.82 Å². The highest BCUT2D eigenvalue weighted by Gasteiger charge is 2.22. The minimum atomic E-state index is -0.916. The third-order valence-electron chi connectivity index (χ3n) is 6.03. The van der Waals surface area contributed by atoms with E-state index in [0.29, 0.717) is 18.0 Å². The van der Waals surface area contributed by atoms with Gasteiger partial charge in [0.05, 0.1) is 11.6 Å². The number of benzene rings is 2. The van der Waals surface area contributed by atoms with Crippen molar-refractivity contribution in [1.29, 1.82) is 0 Å². The Morgan fingerprint density at radius 2 is 1.87 bits per heavy atom. The third kappa shape index (κ3) is 4.74. The van der Waals surface area contributed by atoms with Gasteiger partial charge < -0.3 is 5.11 Å². The Kier molecular flexibility index (Phi) is 6.56. The summed E-state index contributed by atoms with van der Waals surface area (Å²) in [5, 5.41) is 16.0. The highest BCUT2D eigenvalue weighted by molar-refractivity contribution is 7.79. The normalized spacial score (nSPS) is 15.5. The fourth-order valence-electron chi connectivity index (χ4n) is 4.27. The van der Waals surface area contributed by atoms with Gasteiger partial charge in [-0.2, -0.15) is 5.10 Å². The van der Waals surface area contributed by atoms with Gasteiger partial charge in [0.2, 0.25) is 0 Å². The average molecular weight is 434 g/mol. The molecule has 1 aliphatic rings. The smallest absolute Gasteiger partial charge is 0.336 e. The lowest BCUT2D eigenvalue weighted by molar-refractivity contribution is 0.0697. The van der Waals surface area contributed by atoms with Crippen LogP contribution < -0.4 is 0 Å². The van der Waals surface area contributed by atoms with Crippen LogP contribution in [-0.4, -0.2) is 31.2 Å². The van der Waals surface area contributed by atoms with Crippen molar-refractivity contribution in [2.24, 2.45) is 0 Å². The average Bonchev–Trinajstić information content (AvgIpc) is 3.23. The van der Waals surface area contributed by atoms with E-state index in [2.05, 4.69) is 16.8 Å². The Morgan fingerprint density at radius 1 is 1.16 bits per heavy atom. The molecule has 1 aromatic heterocycles. The maximum atomic E-state index is 11.5. The molecule has 1 heterocycles. The van der Waals surface area contributed by atoms with E-state index in [1.54, 1.807) is 17.5 Å². The summed E-state index contributed by atoms with van der Waals surface area (Å²) in [6.45, 7) is 2.03. The summed E-state index contributed by atoms with van der Waals surface area (Å²) in [5.74, 6) is 0.904. The number of hydrogen-bond acceptors (Lipinski definition) is 4. The molecule has 5 nitrogen and oxygen atoms in total. The van der Waals surface area contributed by atoms with E-state index in [9.17, 15) is 9.90 Å². The van der Waals surface area contributed by atoms with Crippen LogP contribution in [0.2, 0.25) is 0 Å². The van der Waals surface area contributed by atoms with Crippen molar-refractivity contribution in [1.82, 2.24) is 14.8 Å². The van der Waals surface area contributed by atoms with E-state index in [-0.39, 0.29) is 5.92 Å². The summed E-state index contributed by atoms with van der Waals surface area (Å²) >= 11 is 5.13. The highest BCUT2D eigenvalue weighted by Crippen LogP contribution is 2.30. The third-order valence-corrected chi connectivity index (χ3v) is 6.44. The number of carbonyl (C=O) groups is 1.